The van der Waals surface area contributed by atoms with Gasteiger partial charge in [0.05, 0.1) is 7.11 Å². The lowest BCUT2D eigenvalue weighted by Crippen LogP contribution is -2.15. The Labute approximate surface area is 175 Å². The largest absolute Gasteiger partial charge is 0.497 e. The molecule has 156 valence electrons. The fourth-order valence-electron chi connectivity index (χ4n) is 3.10. The number of methoxy groups -OCH3 is 1. The van der Waals surface area contributed by atoms with Crippen LogP contribution in [0.4, 0.5) is 5.82 Å². The molecule has 0 unspecified atom stereocenters. The van der Waals surface area contributed by atoms with Crippen LogP contribution >= 0.6 is 0 Å². The van der Waals surface area contributed by atoms with Crippen LogP contribution in [0.1, 0.15) is 10.5 Å². The van der Waals surface area contributed by atoms with Gasteiger partial charge in [0.15, 0.2) is 28.6 Å². The third-order valence-electron chi connectivity index (χ3n) is 4.65. The summed E-state index contributed by atoms with van der Waals surface area (Å²) >= 11 is 0. The van der Waals surface area contributed by atoms with Gasteiger partial charge in [-0.05, 0) is 52.8 Å². The number of ether oxygens (including phenoxy) is 3. The fourth-order valence-corrected chi connectivity index (χ4v) is 3.10. The minimum Gasteiger partial charge on any atom is -0.497 e. The molecule has 0 spiro atoms. The molecule has 1 aliphatic rings. The Balaban J connectivity index is 1.34. The minimum atomic E-state index is -0.516. The molecule has 1 N–H and O–H groups in total. The second-order valence-corrected chi connectivity index (χ2v) is 6.58. The van der Waals surface area contributed by atoms with E-state index in [-0.39, 0.29) is 11.5 Å². The van der Waals surface area contributed by atoms with Gasteiger partial charge in [-0.3, -0.25) is 4.79 Å². The lowest BCUT2D eigenvalue weighted by Gasteiger charge is -2.18. The summed E-state index contributed by atoms with van der Waals surface area (Å²) in [5.41, 5.74) is 1.87. The summed E-state index contributed by atoms with van der Waals surface area (Å²) in [6.45, 7) is 0.983. The number of carbonyl (C=O) groups excluding carboxylic acids is 1. The Morgan fingerprint density at radius 3 is 2.52 bits per heavy atom. The quantitative estimate of drug-likeness (QED) is 0.517. The molecule has 31 heavy (non-hydrogen) atoms. The molecule has 10 heteroatoms. The van der Waals surface area contributed by atoms with Crippen LogP contribution in [0.15, 0.2) is 57.7 Å². The molecule has 0 atom stereocenters. The molecule has 5 rings (SSSR count). The number of benzene rings is 2. The molecule has 2 aromatic heterocycles. The summed E-state index contributed by atoms with van der Waals surface area (Å²) in [4.78, 5) is 12.7. The lowest BCUT2D eigenvalue weighted by atomic mass is 10.1. The van der Waals surface area contributed by atoms with E-state index in [0.717, 1.165) is 0 Å². The maximum absolute atomic E-state index is 12.7. The van der Waals surface area contributed by atoms with Gasteiger partial charge in [-0.2, -0.15) is 0 Å². The van der Waals surface area contributed by atoms with Gasteiger partial charge in [-0.15, -0.1) is 0 Å². The van der Waals surface area contributed by atoms with Crippen molar-refractivity contribution in [2.75, 3.05) is 25.6 Å². The number of carbonyl (C=O) groups is 1. The number of nitrogens with zero attached hydrogens (tertiary/aromatic N) is 3. The number of rotatable bonds is 5. The summed E-state index contributed by atoms with van der Waals surface area (Å²) < 4.78 is 26.4. The number of amides is 1. The van der Waals surface area contributed by atoms with Crippen molar-refractivity contribution in [3.8, 4) is 39.8 Å². The molecular weight excluding hydrogens is 404 g/mol. The molecule has 3 heterocycles. The van der Waals surface area contributed by atoms with Crippen molar-refractivity contribution in [2.45, 2.75) is 0 Å². The van der Waals surface area contributed by atoms with Crippen LogP contribution in [-0.4, -0.2) is 41.7 Å². The predicted octanol–water partition coefficient (Wildman–Crippen LogP) is 3.42. The maximum atomic E-state index is 12.7. The molecule has 4 aromatic rings. The van der Waals surface area contributed by atoms with E-state index < -0.39 is 5.91 Å². The lowest BCUT2D eigenvalue weighted by molar-refractivity contribution is 0.101. The zero-order chi connectivity index (χ0) is 21.2. The maximum Gasteiger partial charge on any atom is 0.279 e. The summed E-state index contributed by atoms with van der Waals surface area (Å²) in [5, 5.41) is 14.1. The molecule has 0 aliphatic carbocycles. The molecule has 0 saturated carbocycles. The standard InChI is InChI=1S/C21H16N4O6/c1-27-14-5-2-12(3-6-14)19-20(25-31-24-19)22-21(26)15-11-17(30-23-15)13-4-7-16-18(10-13)29-9-8-28-16/h2-7,10-11H,8-9H2,1H3,(H,22,25,26). The molecular formula is C21H16N4O6. The SMILES string of the molecule is COc1ccc(-c2nonc2NC(=O)c2cc(-c3ccc4c(c3)OCCO4)on2)cc1. The number of anilines is 1. The van der Waals surface area contributed by atoms with Crippen molar-refractivity contribution in [1.29, 1.82) is 0 Å². The number of fused-ring (bicyclic) bond motifs is 1. The highest BCUT2D eigenvalue weighted by atomic mass is 16.6. The highest BCUT2D eigenvalue weighted by Gasteiger charge is 2.20. The number of hydrogen-bond donors (Lipinski definition) is 1. The number of nitrogens with one attached hydrogen (secondary N) is 1. The first-order chi connectivity index (χ1) is 15.2. The van der Waals surface area contributed by atoms with Crippen molar-refractivity contribution in [2.24, 2.45) is 0 Å². The second kappa shape index (κ2) is 7.82. The zero-order valence-electron chi connectivity index (χ0n) is 16.3. The van der Waals surface area contributed by atoms with Gasteiger partial charge in [0.25, 0.3) is 5.91 Å². The smallest absolute Gasteiger partial charge is 0.279 e. The average Bonchev–Trinajstić information content (AvgIpc) is 3.49. The van der Waals surface area contributed by atoms with Crippen molar-refractivity contribution >= 4 is 11.7 Å². The van der Waals surface area contributed by atoms with E-state index in [4.69, 9.17) is 23.4 Å². The Kier molecular flexibility index (Phi) is 4.71. The molecule has 0 saturated heterocycles. The first-order valence-corrected chi connectivity index (χ1v) is 9.36. The van der Waals surface area contributed by atoms with Crippen molar-refractivity contribution in [3.05, 3.63) is 54.2 Å². The van der Waals surface area contributed by atoms with Crippen LogP contribution in [0.25, 0.3) is 22.6 Å². The molecule has 10 nitrogen and oxygen atoms in total. The minimum absolute atomic E-state index is 0.0774. The number of aromatic nitrogens is 3. The molecule has 1 amide bonds. The summed E-state index contributed by atoms with van der Waals surface area (Å²) in [7, 11) is 1.58. The van der Waals surface area contributed by atoms with Gasteiger partial charge in [-0.1, -0.05) is 5.16 Å². The summed E-state index contributed by atoms with van der Waals surface area (Å²) in [6.07, 6.45) is 0. The molecule has 1 aliphatic heterocycles. The van der Waals surface area contributed by atoms with Crippen LogP contribution in [-0.2, 0) is 0 Å². The molecule has 0 radical (unpaired) electrons. The highest BCUT2D eigenvalue weighted by molar-refractivity contribution is 6.04. The molecule has 0 bridgehead atoms. The Morgan fingerprint density at radius 1 is 0.935 bits per heavy atom. The first kappa shape index (κ1) is 18.7. The van der Waals surface area contributed by atoms with E-state index in [1.165, 1.54) is 6.07 Å². The molecule has 0 fully saturated rings. The topological polar surface area (TPSA) is 122 Å². The number of hydrogen-bond acceptors (Lipinski definition) is 9. The Morgan fingerprint density at radius 2 is 1.71 bits per heavy atom. The van der Waals surface area contributed by atoms with Crippen LogP contribution in [0.3, 0.4) is 0 Å². The van der Waals surface area contributed by atoms with Crippen molar-refractivity contribution < 1.29 is 28.2 Å². The second-order valence-electron chi connectivity index (χ2n) is 6.58. The van der Waals surface area contributed by atoms with E-state index >= 15 is 0 Å². The van der Waals surface area contributed by atoms with E-state index in [0.29, 0.717) is 53.0 Å². The van der Waals surface area contributed by atoms with Gasteiger partial charge in [0, 0.05) is 17.2 Å². The van der Waals surface area contributed by atoms with Gasteiger partial charge < -0.3 is 24.1 Å². The normalized spacial score (nSPS) is 12.4. The van der Waals surface area contributed by atoms with Crippen LogP contribution < -0.4 is 19.5 Å². The van der Waals surface area contributed by atoms with E-state index in [1.807, 2.05) is 0 Å². The van der Waals surface area contributed by atoms with Gasteiger partial charge >= 0.3 is 0 Å². The predicted molar refractivity (Wildman–Crippen MR) is 107 cm³/mol. The fraction of sp³-hybridized carbons (Fsp3) is 0.143. The average molecular weight is 420 g/mol. The van der Waals surface area contributed by atoms with E-state index in [9.17, 15) is 4.79 Å². The van der Waals surface area contributed by atoms with E-state index in [1.54, 1.807) is 49.6 Å². The van der Waals surface area contributed by atoms with Crippen molar-refractivity contribution in [3.63, 3.8) is 0 Å². The molecule has 2 aromatic carbocycles. The van der Waals surface area contributed by atoms with E-state index in [2.05, 4.69) is 20.8 Å². The third-order valence-corrected chi connectivity index (χ3v) is 4.65. The van der Waals surface area contributed by atoms with Crippen molar-refractivity contribution in [1.82, 2.24) is 15.5 Å². The first-order valence-electron chi connectivity index (χ1n) is 9.36. The summed E-state index contributed by atoms with van der Waals surface area (Å²) in [5.74, 6) is 2.04. The van der Waals surface area contributed by atoms with Crippen LogP contribution in [0, 0.1) is 0 Å². The van der Waals surface area contributed by atoms with Gasteiger partial charge in [0.2, 0.25) is 5.82 Å². The Bertz CT molecular complexity index is 1230. The van der Waals surface area contributed by atoms with Crippen LogP contribution in [0.5, 0.6) is 17.2 Å². The highest BCUT2D eigenvalue weighted by Crippen LogP contribution is 2.35. The monoisotopic (exact) mass is 420 g/mol. The Hall–Kier alpha value is -4.34. The van der Waals surface area contributed by atoms with Gasteiger partial charge in [-0.25, -0.2) is 4.63 Å². The zero-order valence-corrected chi connectivity index (χ0v) is 16.3. The van der Waals surface area contributed by atoms with Gasteiger partial charge in [0.1, 0.15) is 19.0 Å². The third kappa shape index (κ3) is 3.66. The van der Waals surface area contributed by atoms with Crippen LogP contribution in [0.2, 0.25) is 0 Å². The summed E-state index contributed by atoms with van der Waals surface area (Å²) in [6, 6.07) is 14.0.